The first-order chi connectivity index (χ1) is 14.6. The van der Waals surface area contributed by atoms with Gasteiger partial charge in [0.1, 0.15) is 16.4 Å². The van der Waals surface area contributed by atoms with Gasteiger partial charge in [0.15, 0.2) is 16.7 Å². The molecular weight excluding hydrogens is 440 g/mol. The van der Waals surface area contributed by atoms with E-state index in [1.54, 1.807) is 42.0 Å². The van der Waals surface area contributed by atoms with Crippen LogP contribution in [0.1, 0.15) is 10.5 Å². The van der Waals surface area contributed by atoms with Crippen LogP contribution in [-0.4, -0.2) is 47.1 Å². The molecule has 152 valence electrons. The van der Waals surface area contributed by atoms with Crippen LogP contribution in [0.2, 0.25) is 0 Å². The lowest BCUT2D eigenvalue weighted by Gasteiger charge is -2.09. The molecule has 0 spiro atoms. The van der Waals surface area contributed by atoms with E-state index < -0.39 is 0 Å². The minimum Gasteiger partial charge on any atom is -0.304 e. The molecule has 1 aromatic carbocycles. The van der Waals surface area contributed by atoms with Crippen LogP contribution in [0, 0.1) is 0 Å². The number of benzene rings is 1. The molecule has 9 nitrogen and oxygen atoms in total. The maximum Gasteiger partial charge on any atom is 0.278 e. The summed E-state index contributed by atoms with van der Waals surface area (Å²) >= 11 is 4.29. The number of anilines is 1. The number of amides is 1. The minimum absolute atomic E-state index is 0.212. The highest BCUT2D eigenvalue weighted by atomic mass is 32.2. The van der Waals surface area contributed by atoms with E-state index in [9.17, 15) is 4.79 Å². The lowest BCUT2D eigenvalue weighted by molar-refractivity contribution is 0.101. The number of H-pyrrole nitrogens is 1. The molecule has 3 heterocycles. The Balaban J connectivity index is 1.63. The van der Waals surface area contributed by atoms with Gasteiger partial charge in [-0.3, -0.25) is 14.6 Å². The number of aromatic nitrogens is 7. The first kappa shape index (κ1) is 20.4. The van der Waals surface area contributed by atoms with Gasteiger partial charge in [0.05, 0.1) is 6.20 Å². The number of nitrogens with one attached hydrogen (secondary N) is 2. The predicted octanol–water partition coefficient (Wildman–Crippen LogP) is 3.60. The summed E-state index contributed by atoms with van der Waals surface area (Å²) in [6, 6.07) is 9.77. The van der Waals surface area contributed by atoms with Crippen molar-refractivity contribution in [2.45, 2.75) is 25.0 Å². The van der Waals surface area contributed by atoms with E-state index in [1.807, 2.05) is 30.5 Å². The molecule has 2 N–H and O–H groups in total. The van der Waals surface area contributed by atoms with Crippen molar-refractivity contribution in [2.24, 2.45) is 7.05 Å². The molecular formula is C18H16N8OS3. The van der Waals surface area contributed by atoms with Crippen molar-refractivity contribution < 1.29 is 4.79 Å². The molecule has 0 radical (unpaired) electrons. The Bertz CT molecular complexity index is 1140. The normalized spacial score (nSPS) is 10.9. The molecule has 0 unspecified atom stereocenters. The zero-order chi connectivity index (χ0) is 20.9. The average Bonchev–Trinajstić information content (AvgIpc) is 3.41. The van der Waals surface area contributed by atoms with Crippen LogP contribution in [0.3, 0.4) is 0 Å². The number of carbonyl (C=O) groups is 1. The second-order valence-corrected chi connectivity index (χ2v) is 8.81. The van der Waals surface area contributed by atoms with Gasteiger partial charge in [-0.05, 0) is 42.3 Å². The number of hydrogen-bond donors (Lipinski definition) is 2. The Kier molecular flexibility index (Phi) is 6.35. The second kappa shape index (κ2) is 9.32. The lowest BCUT2D eigenvalue weighted by atomic mass is 10.4. The fourth-order valence-corrected chi connectivity index (χ4v) is 4.27. The van der Waals surface area contributed by atoms with Crippen LogP contribution < -0.4 is 5.32 Å². The van der Waals surface area contributed by atoms with E-state index in [4.69, 9.17) is 0 Å². The molecule has 0 atom stereocenters. The summed E-state index contributed by atoms with van der Waals surface area (Å²) in [7, 11) is 1.78. The smallest absolute Gasteiger partial charge is 0.278 e. The van der Waals surface area contributed by atoms with Crippen molar-refractivity contribution in [3.05, 3.63) is 54.7 Å². The first-order valence-electron chi connectivity index (χ1n) is 8.64. The monoisotopic (exact) mass is 456 g/mol. The van der Waals surface area contributed by atoms with Gasteiger partial charge in [-0.25, -0.2) is 15.0 Å². The topological polar surface area (TPSA) is 114 Å². The average molecular weight is 457 g/mol. The number of hydrogen-bond acceptors (Lipinski definition) is 9. The van der Waals surface area contributed by atoms with Gasteiger partial charge >= 0.3 is 0 Å². The Hall–Kier alpha value is -2.83. The summed E-state index contributed by atoms with van der Waals surface area (Å²) in [5.74, 6) is 0.0577. The highest BCUT2D eigenvalue weighted by Gasteiger charge is 2.19. The fraction of sp³-hybridized carbons (Fsp3) is 0.111. The molecule has 0 fully saturated rings. The Morgan fingerprint density at radius 2 is 1.90 bits per heavy atom. The predicted molar refractivity (Wildman–Crippen MR) is 116 cm³/mol. The highest BCUT2D eigenvalue weighted by molar-refractivity contribution is 7.99. The van der Waals surface area contributed by atoms with Crippen LogP contribution in [0.4, 0.5) is 5.82 Å². The SMILES string of the molecule is CSc1ccc(Sc2ncc(Sc3ncn[nH]3)nc2C(=O)Nc2ccn(C)n2)cc1. The van der Waals surface area contributed by atoms with Gasteiger partial charge in [-0.15, -0.1) is 11.8 Å². The molecule has 0 aliphatic heterocycles. The van der Waals surface area contributed by atoms with Gasteiger partial charge in [0.25, 0.3) is 5.91 Å². The van der Waals surface area contributed by atoms with Gasteiger partial charge in [-0.2, -0.15) is 10.2 Å². The van der Waals surface area contributed by atoms with Gasteiger partial charge in [0, 0.05) is 29.1 Å². The Morgan fingerprint density at radius 3 is 2.57 bits per heavy atom. The molecule has 3 aromatic heterocycles. The van der Waals surface area contributed by atoms with E-state index in [-0.39, 0.29) is 11.6 Å². The summed E-state index contributed by atoms with van der Waals surface area (Å²) in [5.41, 5.74) is 0.212. The number of rotatable bonds is 7. The van der Waals surface area contributed by atoms with Crippen molar-refractivity contribution in [1.82, 2.24) is 34.9 Å². The minimum atomic E-state index is -0.385. The van der Waals surface area contributed by atoms with Crippen LogP contribution in [-0.2, 0) is 7.05 Å². The summed E-state index contributed by atoms with van der Waals surface area (Å²) in [5, 5.41) is 15.1. The Morgan fingerprint density at radius 1 is 1.10 bits per heavy atom. The molecule has 12 heteroatoms. The Labute approximate surface area is 184 Å². The van der Waals surface area contributed by atoms with Crippen molar-refractivity contribution in [3.63, 3.8) is 0 Å². The van der Waals surface area contributed by atoms with Crippen molar-refractivity contribution in [3.8, 4) is 0 Å². The molecule has 0 saturated carbocycles. The van der Waals surface area contributed by atoms with E-state index in [0.717, 1.165) is 9.79 Å². The van der Waals surface area contributed by atoms with Gasteiger partial charge in [-0.1, -0.05) is 11.8 Å². The van der Waals surface area contributed by atoms with Crippen LogP contribution >= 0.6 is 35.3 Å². The zero-order valence-corrected chi connectivity index (χ0v) is 18.4. The third-order valence-electron chi connectivity index (χ3n) is 3.76. The molecule has 1 amide bonds. The summed E-state index contributed by atoms with van der Waals surface area (Å²) in [4.78, 5) is 28.2. The number of aryl methyl sites for hydroxylation is 1. The molecule has 0 aliphatic rings. The molecule has 0 saturated heterocycles. The molecule has 30 heavy (non-hydrogen) atoms. The quantitative estimate of drug-likeness (QED) is 0.402. The summed E-state index contributed by atoms with van der Waals surface area (Å²) in [6.07, 6.45) is 6.80. The van der Waals surface area contributed by atoms with Gasteiger partial charge in [0.2, 0.25) is 0 Å². The maximum atomic E-state index is 13.0. The van der Waals surface area contributed by atoms with E-state index in [1.165, 1.54) is 29.9 Å². The van der Waals surface area contributed by atoms with E-state index in [0.29, 0.717) is 21.0 Å². The molecule has 0 bridgehead atoms. The maximum absolute atomic E-state index is 13.0. The second-order valence-electron chi connectivity index (χ2n) is 5.86. The third-order valence-corrected chi connectivity index (χ3v) is 6.29. The number of nitrogens with zero attached hydrogens (tertiary/aromatic N) is 6. The zero-order valence-electron chi connectivity index (χ0n) is 15.9. The third kappa shape index (κ3) is 5.01. The standard InChI is InChI=1S/C18H16N8OS3/c1-26-8-7-13(25-26)22-16(27)15-17(29-12-5-3-11(28-2)4-6-12)19-9-14(23-15)30-18-20-10-21-24-18/h3-10H,1-2H3,(H,20,21,24)(H,22,25,27). The largest absolute Gasteiger partial charge is 0.304 e. The summed E-state index contributed by atoms with van der Waals surface area (Å²) in [6.45, 7) is 0. The first-order valence-corrected chi connectivity index (χ1v) is 11.5. The van der Waals surface area contributed by atoms with Crippen LogP contribution in [0.15, 0.2) is 74.1 Å². The molecule has 0 aliphatic carbocycles. The van der Waals surface area contributed by atoms with Crippen molar-refractivity contribution in [1.29, 1.82) is 0 Å². The van der Waals surface area contributed by atoms with Crippen LogP contribution in [0.25, 0.3) is 0 Å². The highest BCUT2D eigenvalue weighted by Crippen LogP contribution is 2.31. The van der Waals surface area contributed by atoms with Crippen LogP contribution in [0.5, 0.6) is 0 Å². The van der Waals surface area contributed by atoms with Gasteiger partial charge < -0.3 is 5.32 Å². The summed E-state index contributed by atoms with van der Waals surface area (Å²) < 4.78 is 1.61. The van der Waals surface area contributed by atoms with Crippen molar-refractivity contribution >= 4 is 47.0 Å². The van der Waals surface area contributed by atoms with E-state index in [2.05, 4.69) is 35.6 Å². The number of thioether (sulfide) groups is 1. The lowest BCUT2D eigenvalue weighted by Crippen LogP contribution is -2.16. The number of aromatic amines is 1. The van der Waals surface area contributed by atoms with E-state index >= 15 is 0 Å². The molecule has 4 aromatic rings. The number of carbonyl (C=O) groups excluding carboxylic acids is 1. The van der Waals surface area contributed by atoms with Crippen molar-refractivity contribution in [2.75, 3.05) is 11.6 Å². The fourth-order valence-electron chi connectivity index (χ4n) is 2.39. The molecule has 4 rings (SSSR count).